The fourth-order valence-corrected chi connectivity index (χ4v) is 2.06. The first-order valence-electron chi connectivity index (χ1n) is 4.61. The van der Waals surface area contributed by atoms with Crippen molar-refractivity contribution in [2.45, 2.75) is 31.5 Å². The molecule has 0 aromatic heterocycles. The van der Waals surface area contributed by atoms with E-state index in [1.165, 1.54) is 0 Å². The van der Waals surface area contributed by atoms with Gasteiger partial charge >= 0.3 is 0 Å². The Kier molecular flexibility index (Phi) is 3.23. The Morgan fingerprint density at radius 1 is 1.23 bits per heavy atom. The van der Waals surface area contributed by atoms with E-state index in [-0.39, 0.29) is 23.6 Å². The summed E-state index contributed by atoms with van der Waals surface area (Å²) in [7, 11) is 0. The predicted octanol–water partition coefficient (Wildman–Crippen LogP) is 0.966. The summed E-state index contributed by atoms with van der Waals surface area (Å²) in [5.41, 5.74) is -0.0618. The van der Waals surface area contributed by atoms with Gasteiger partial charge in [-0.3, -0.25) is 0 Å². The number of rotatable bonds is 0. The number of nitrogens with one attached hydrogen (secondary N) is 1. The number of morpholine rings is 1. The second kappa shape index (κ2) is 3.73. The molecule has 0 radical (unpaired) electrons. The summed E-state index contributed by atoms with van der Waals surface area (Å²) in [5, 5.41) is 3.40. The monoisotopic (exact) mass is 207 g/mol. The summed E-state index contributed by atoms with van der Waals surface area (Å²) >= 11 is 0. The van der Waals surface area contributed by atoms with E-state index in [0.29, 0.717) is 0 Å². The molecule has 0 bridgehead atoms. The molecule has 3 nitrogen and oxygen atoms in total. The average molecular weight is 208 g/mol. The summed E-state index contributed by atoms with van der Waals surface area (Å²) < 4.78 is 11.4. The Morgan fingerprint density at radius 2 is 2.00 bits per heavy atom. The van der Waals surface area contributed by atoms with Gasteiger partial charge in [-0.15, -0.1) is 12.4 Å². The Bertz CT molecular complexity index is 178. The Labute approximate surface area is 85.6 Å². The van der Waals surface area contributed by atoms with Crippen LogP contribution in [-0.2, 0) is 9.47 Å². The highest BCUT2D eigenvalue weighted by Gasteiger charge is 2.43. The van der Waals surface area contributed by atoms with Crippen molar-refractivity contribution in [1.82, 2.24) is 5.32 Å². The third-order valence-electron chi connectivity index (χ3n) is 2.56. The van der Waals surface area contributed by atoms with E-state index >= 15 is 0 Å². The van der Waals surface area contributed by atoms with Crippen molar-refractivity contribution in [3.63, 3.8) is 0 Å². The molecule has 2 fully saturated rings. The van der Waals surface area contributed by atoms with Crippen molar-refractivity contribution in [3.05, 3.63) is 0 Å². The molecule has 2 aliphatic heterocycles. The van der Waals surface area contributed by atoms with Crippen LogP contribution >= 0.6 is 12.4 Å². The Morgan fingerprint density at radius 3 is 2.54 bits per heavy atom. The van der Waals surface area contributed by atoms with E-state index in [2.05, 4.69) is 19.2 Å². The maximum atomic E-state index is 6.03. The number of halogens is 1. The van der Waals surface area contributed by atoms with Crippen molar-refractivity contribution < 1.29 is 9.47 Å². The second-order valence-corrected chi connectivity index (χ2v) is 4.45. The maximum absolute atomic E-state index is 6.03. The van der Waals surface area contributed by atoms with Gasteiger partial charge in [0, 0.05) is 26.1 Å². The van der Waals surface area contributed by atoms with Crippen LogP contribution < -0.4 is 5.32 Å². The largest absolute Gasteiger partial charge is 0.378 e. The molecule has 1 unspecified atom stereocenters. The molecular formula is C9H18ClNO2. The van der Waals surface area contributed by atoms with Crippen molar-refractivity contribution >= 4 is 12.4 Å². The zero-order chi connectivity index (χ0) is 8.66. The standard InChI is InChI=1S/C9H17NO2.ClH/c1-8(2)5-10-6-9(12-8)3-4-11-7-9;/h10H,3-7H2,1-2H3;1H. The highest BCUT2D eigenvalue weighted by molar-refractivity contribution is 5.85. The third kappa shape index (κ3) is 2.34. The molecule has 4 heteroatoms. The van der Waals surface area contributed by atoms with Crippen molar-refractivity contribution in [2.75, 3.05) is 26.3 Å². The van der Waals surface area contributed by atoms with E-state index in [4.69, 9.17) is 9.47 Å². The van der Waals surface area contributed by atoms with E-state index in [9.17, 15) is 0 Å². The van der Waals surface area contributed by atoms with Gasteiger partial charge in [-0.1, -0.05) is 0 Å². The molecule has 2 saturated heterocycles. The molecule has 0 aromatic carbocycles. The number of ether oxygens (including phenoxy) is 2. The molecule has 13 heavy (non-hydrogen) atoms. The molecule has 1 N–H and O–H groups in total. The zero-order valence-electron chi connectivity index (χ0n) is 8.26. The molecule has 0 amide bonds. The minimum Gasteiger partial charge on any atom is -0.378 e. The van der Waals surface area contributed by atoms with E-state index < -0.39 is 0 Å². The van der Waals surface area contributed by atoms with E-state index in [0.717, 1.165) is 32.7 Å². The lowest BCUT2D eigenvalue weighted by Crippen LogP contribution is -2.58. The van der Waals surface area contributed by atoms with Crippen LogP contribution in [0.1, 0.15) is 20.3 Å². The Balaban J connectivity index is 0.000000845. The predicted molar refractivity (Wildman–Crippen MR) is 53.4 cm³/mol. The summed E-state index contributed by atoms with van der Waals surface area (Å²) in [4.78, 5) is 0. The lowest BCUT2D eigenvalue weighted by atomic mass is 9.97. The van der Waals surface area contributed by atoms with Gasteiger partial charge in [0.05, 0.1) is 12.2 Å². The molecule has 1 atom stereocenters. The van der Waals surface area contributed by atoms with Crippen molar-refractivity contribution in [2.24, 2.45) is 0 Å². The van der Waals surface area contributed by atoms with Gasteiger partial charge in [-0.05, 0) is 13.8 Å². The van der Waals surface area contributed by atoms with Crippen LogP contribution in [-0.4, -0.2) is 37.5 Å². The fourth-order valence-electron chi connectivity index (χ4n) is 2.06. The van der Waals surface area contributed by atoms with Crippen LogP contribution in [0, 0.1) is 0 Å². The van der Waals surface area contributed by atoms with Gasteiger partial charge in [0.1, 0.15) is 5.60 Å². The SMILES string of the molecule is CC1(C)CNCC2(CCOC2)O1.Cl. The van der Waals surface area contributed by atoms with Crippen LogP contribution in [0.15, 0.2) is 0 Å². The molecular weight excluding hydrogens is 190 g/mol. The molecule has 0 aliphatic carbocycles. The molecule has 0 saturated carbocycles. The third-order valence-corrected chi connectivity index (χ3v) is 2.56. The highest BCUT2D eigenvalue weighted by atomic mass is 35.5. The molecule has 2 rings (SSSR count). The van der Waals surface area contributed by atoms with Crippen molar-refractivity contribution in [3.8, 4) is 0 Å². The first-order valence-corrected chi connectivity index (χ1v) is 4.61. The molecule has 0 aromatic rings. The molecule has 2 heterocycles. The van der Waals surface area contributed by atoms with E-state index in [1.54, 1.807) is 0 Å². The van der Waals surface area contributed by atoms with Crippen LogP contribution in [0.5, 0.6) is 0 Å². The summed E-state index contributed by atoms with van der Waals surface area (Å²) in [6, 6.07) is 0. The zero-order valence-corrected chi connectivity index (χ0v) is 9.08. The van der Waals surface area contributed by atoms with Crippen LogP contribution in [0.4, 0.5) is 0 Å². The van der Waals surface area contributed by atoms with Crippen LogP contribution in [0.25, 0.3) is 0 Å². The maximum Gasteiger partial charge on any atom is 0.107 e. The summed E-state index contributed by atoms with van der Waals surface area (Å²) in [5.74, 6) is 0. The minimum absolute atomic E-state index is 0. The van der Waals surface area contributed by atoms with Gasteiger partial charge in [0.2, 0.25) is 0 Å². The van der Waals surface area contributed by atoms with Crippen LogP contribution in [0.3, 0.4) is 0 Å². The molecule has 1 spiro atoms. The number of hydrogen-bond donors (Lipinski definition) is 1. The minimum atomic E-state index is -0.0358. The van der Waals surface area contributed by atoms with Gasteiger partial charge in [-0.25, -0.2) is 0 Å². The normalized spacial score (nSPS) is 37.4. The van der Waals surface area contributed by atoms with Gasteiger partial charge in [0.15, 0.2) is 0 Å². The number of hydrogen-bond acceptors (Lipinski definition) is 3. The summed E-state index contributed by atoms with van der Waals surface area (Å²) in [6.45, 7) is 7.73. The Hall–Kier alpha value is 0.170. The quantitative estimate of drug-likeness (QED) is 0.642. The van der Waals surface area contributed by atoms with Gasteiger partial charge in [0.25, 0.3) is 0 Å². The van der Waals surface area contributed by atoms with E-state index in [1.807, 2.05) is 0 Å². The summed E-state index contributed by atoms with van der Waals surface area (Å²) in [6.07, 6.45) is 1.03. The molecule has 78 valence electrons. The van der Waals surface area contributed by atoms with Crippen LogP contribution in [0.2, 0.25) is 0 Å². The first kappa shape index (κ1) is 11.2. The van der Waals surface area contributed by atoms with Gasteiger partial charge < -0.3 is 14.8 Å². The van der Waals surface area contributed by atoms with Crippen molar-refractivity contribution in [1.29, 1.82) is 0 Å². The fraction of sp³-hybridized carbons (Fsp3) is 1.00. The first-order chi connectivity index (χ1) is 5.62. The second-order valence-electron chi connectivity index (χ2n) is 4.45. The lowest BCUT2D eigenvalue weighted by Gasteiger charge is -2.42. The topological polar surface area (TPSA) is 30.5 Å². The molecule has 2 aliphatic rings. The smallest absolute Gasteiger partial charge is 0.107 e. The lowest BCUT2D eigenvalue weighted by molar-refractivity contribution is -0.160. The van der Waals surface area contributed by atoms with Gasteiger partial charge in [-0.2, -0.15) is 0 Å². The average Bonchev–Trinajstić information content (AvgIpc) is 2.34. The highest BCUT2D eigenvalue weighted by Crippen LogP contribution is 2.30.